The fraction of sp³-hybridized carbons (Fsp3) is 0. The van der Waals surface area contributed by atoms with Gasteiger partial charge in [0.25, 0.3) is 0 Å². The van der Waals surface area contributed by atoms with Crippen molar-refractivity contribution in [2.45, 2.75) is 9.79 Å². The lowest BCUT2D eigenvalue weighted by Gasteiger charge is -2.03. The number of benzene rings is 2. The number of aromatic hydroxyl groups is 1. The first-order valence-electron chi connectivity index (χ1n) is 4.95. The van der Waals surface area contributed by atoms with Crippen LogP contribution in [0.3, 0.4) is 0 Å². The topological polar surface area (TPSA) is 70.0 Å². The Morgan fingerprint density at radius 3 is 2.35 bits per heavy atom. The van der Waals surface area contributed by atoms with Crippen LogP contribution in [0.1, 0.15) is 5.56 Å². The molecule has 0 aliphatic heterocycles. The van der Waals surface area contributed by atoms with Crippen molar-refractivity contribution in [2.75, 3.05) is 5.73 Å². The predicted octanol–water partition coefficient (Wildman–Crippen LogP) is 3.00. The highest BCUT2D eigenvalue weighted by Gasteiger charge is 2.02. The quantitative estimate of drug-likeness (QED) is 0.794. The predicted molar refractivity (Wildman–Crippen MR) is 67.8 cm³/mol. The van der Waals surface area contributed by atoms with Crippen LogP contribution >= 0.6 is 11.8 Å². The molecule has 0 aliphatic carbocycles. The highest BCUT2D eigenvalue weighted by molar-refractivity contribution is 7.99. The summed E-state index contributed by atoms with van der Waals surface area (Å²) in [5.74, 6) is 0.240. The summed E-state index contributed by atoms with van der Waals surface area (Å²) >= 11 is 1.52. The van der Waals surface area contributed by atoms with Crippen LogP contribution in [0, 0.1) is 11.3 Å². The van der Waals surface area contributed by atoms with Gasteiger partial charge in [0, 0.05) is 15.5 Å². The number of hydrogen-bond donors (Lipinski definition) is 2. The molecule has 2 aromatic rings. The Labute approximate surface area is 104 Å². The smallest absolute Gasteiger partial charge is 0.115 e. The van der Waals surface area contributed by atoms with Gasteiger partial charge in [-0.1, -0.05) is 11.8 Å². The first kappa shape index (κ1) is 11.4. The van der Waals surface area contributed by atoms with E-state index in [2.05, 4.69) is 6.07 Å². The molecule has 3 nitrogen and oxygen atoms in total. The van der Waals surface area contributed by atoms with Crippen LogP contribution < -0.4 is 5.73 Å². The lowest BCUT2D eigenvalue weighted by atomic mass is 10.2. The van der Waals surface area contributed by atoms with Crippen molar-refractivity contribution in [3.63, 3.8) is 0 Å². The van der Waals surface area contributed by atoms with Crippen molar-refractivity contribution in [3.8, 4) is 11.8 Å². The molecule has 0 spiro atoms. The summed E-state index contributed by atoms with van der Waals surface area (Å²) in [5, 5.41) is 18.0. The zero-order chi connectivity index (χ0) is 12.3. The number of rotatable bonds is 2. The van der Waals surface area contributed by atoms with Crippen LogP contribution in [0.4, 0.5) is 5.69 Å². The Kier molecular flexibility index (Phi) is 3.22. The number of nitriles is 1. The molecule has 0 atom stereocenters. The number of nitrogens with zero attached hydrogens (tertiary/aromatic N) is 1. The van der Waals surface area contributed by atoms with Crippen LogP contribution in [-0.2, 0) is 0 Å². The largest absolute Gasteiger partial charge is 0.508 e. The third-order valence-electron chi connectivity index (χ3n) is 2.22. The second kappa shape index (κ2) is 4.81. The highest BCUT2D eigenvalue weighted by atomic mass is 32.2. The number of hydrogen-bond acceptors (Lipinski definition) is 4. The summed E-state index contributed by atoms with van der Waals surface area (Å²) < 4.78 is 0. The Hall–Kier alpha value is -2.12. The fourth-order valence-electron chi connectivity index (χ4n) is 1.35. The van der Waals surface area contributed by atoms with Gasteiger partial charge >= 0.3 is 0 Å². The van der Waals surface area contributed by atoms with Gasteiger partial charge in [0.15, 0.2) is 0 Å². The molecule has 0 aliphatic rings. The molecule has 0 fully saturated rings. The maximum absolute atomic E-state index is 9.17. The lowest BCUT2D eigenvalue weighted by Crippen LogP contribution is -1.89. The molecule has 0 saturated heterocycles. The number of nitrogens with two attached hydrogens (primary N) is 1. The average molecular weight is 242 g/mol. The molecule has 84 valence electrons. The molecule has 4 heteroatoms. The van der Waals surface area contributed by atoms with Gasteiger partial charge in [0.05, 0.1) is 5.56 Å². The third-order valence-corrected chi connectivity index (χ3v) is 3.22. The molecule has 0 bridgehead atoms. The van der Waals surface area contributed by atoms with Crippen molar-refractivity contribution in [2.24, 2.45) is 0 Å². The lowest BCUT2D eigenvalue weighted by molar-refractivity contribution is 0.475. The van der Waals surface area contributed by atoms with Gasteiger partial charge in [-0.05, 0) is 42.5 Å². The van der Waals surface area contributed by atoms with Gasteiger partial charge < -0.3 is 10.8 Å². The highest BCUT2D eigenvalue weighted by Crippen LogP contribution is 2.30. The first-order valence-corrected chi connectivity index (χ1v) is 5.77. The normalized spacial score (nSPS) is 9.82. The molecule has 0 amide bonds. The maximum atomic E-state index is 9.17. The Morgan fingerprint density at radius 1 is 1.06 bits per heavy atom. The second-order valence-corrected chi connectivity index (χ2v) is 4.60. The van der Waals surface area contributed by atoms with E-state index in [9.17, 15) is 5.11 Å². The Balaban J connectivity index is 2.25. The second-order valence-electron chi connectivity index (χ2n) is 3.46. The minimum atomic E-state index is 0.240. The number of nitrogen functional groups attached to an aromatic ring is 1. The first-order chi connectivity index (χ1) is 8.19. The minimum absolute atomic E-state index is 0.240. The van der Waals surface area contributed by atoms with E-state index in [1.54, 1.807) is 24.3 Å². The van der Waals surface area contributed by atoms with Gasteiger partial charge in [-0.3, -0.25) is 0 Å². The molecular formula is C13H10N2OS. The van der Waals surface area contributed by atoms with Crippen molar-refractivity contribution >= 4 is 17.4 Å². The Morgan fingerprint density at radius 2 is 1.71 bits per heavy atom. The monoisotopic (exact) mass is 242 g/mol. The molecule has 2 rings (SSSR count). The molecule has 3 N–H and O–H groups in total. The summed E-state index contributed by atoms with van der Waals surface area (Å²) in [5.41, 5.74) is 6.62. The van der Waals surface area contributed by atoms with E-state index in [0.29, 0.717) is 11.3 Å². The number of phenolic OH excluding ortho intramolecular Hbond substituents is 1. The SMILES string of the molecule is N#Cc1cc(Sc2ccc(O)cc2)ccc1N. The molecular weight excluding hydrogens is 232 g/mol. The van der Waals surface area contributed by atoms with Gasteiger partial charge in [0.1, 0.15) is 11.8 Å². The van der Waals surface area contributed by atoms with Crippen molar-refractivity contribution < 1.29 is 5.11 Å². The molecule has 0 heterocycles. The average Bonchev–Trinajstić information content (AvgIpc) is 2.34. The van der Waals surface area contributed by atoms with Gasteiger partial charge in [-0.2, -0.15) is 5.26 Å². The summed E-state index contributed by atoms with van der Waals surface area (Å²) in [6.45, 7) is 0. The summed E-state index contributed by atoms with van der Waals surface area (Å²) in [6.07, 6.45) is 0. The van der Waals surface area contributed by atoms with E-state index in [0.717, 1.165) is 9.79 Å². The van der Waals surface area contributed by atoms with E-state index in [1.807, 2.05) is 18.2 Å². The molecule has 17 heavy (non-hydrogen) atoms. The standard InChI is InChI=1S/C13H10N2OS/c14-8-9-7-12(5-6-13(9)15)17-11-3-1-10(16)2-4-11/h1-7,16H,15H2. The van der Waals surface area contributed by atoms with E-state index in [1.165, 1.54) is 11.8 Å². The molecule has 2 aromatic carbocycles. The zero-order valence-corrected chi connectivity index (χ0v) is 9.74. The van der Waals surface area contributed by atoms with Crippen LogP contribution in [0.5, 0.6) is 5.75 Å². The van der Waals surface area contributed by atoms with Crippen LogP contribution in [-0.4, -0.2) is 5.11 Å². The molecule has 0 saturated carbocycles. The van der Waals surface area contributed by atoms with E-state index in [4.69, 9.17) is 11.0 Å². The maximum Gasteiger partial charge on any atom is 0.115 e. The van der Waals surface area contributed by atoms with Crippen LogP contribution in [0.25, 0.3) is 0 Å². The van der Waals surface area contributed by atoms with Gasteiger partial charge in [-0.25, -0.2) is 0 Å². The van der Waals surface area contributed by atoms with Crippen LogP contribution in [0.2, 0.25) is 0 Å². The fourth-order valence-corrected chi connectivity index (χ4v) is 2.20. The number of phenols is 1. The van der Waals surface area contributed by atoms with E-state index >= 15 is 0 Å². The van der Waals surface area contributed by atoms with Crippen LogP contribution in [0.15, 0.2) is 52.3 Å². The molecule has 0 aromatic heterocycles. The molecule has 0 radical (unpaired) electrons. The van der Waals surface area contributed by atoms with Gasteiger partial charge in [0.2, 0.25) is 0 Å². The summed E-state index contributed by atoms with van der Waals surface area (Å²) in [4.78, 5) is 1.94. The van der Waals surface area contributed by atoms with Crippen molar-refractivity contribution in [1.82, 2.24) is 0 Å². The van der Waals surface area contributed by atoms with E-state index in [-0.39, 0.29) is 5.75 Å². The summed E-state index contributed by atoms with van der Waals surface area (Å²) in [6, 6.07) is 14.3. The zero-order valence-electron chi connectivity index (χ0n) is 8.92. The number of anilines is 1. The van der Waals surface area contributed by atoms with Crippen molar-refractivity contribution in [3.05, 3.63) is 48.0 Å². The van der Waals surface area contributed by atoms with E-state index < -0.39 is 0 Å². The minimum Gasteiger partial charge on any atom is -0.508 e. The molecule has 0 unspecified atom stereocenters. The van der Waals surface area contributed by atoms with Crippen molar-refractivity contribution in [1.29, 1.82) is 5.26 Å². The van der Waals surface area contributed by atoms with Gasteiger partial charge in [-0.15, -0.1) is 0 Å². The summed E-state index contributed by atoms with van der Waals surface area (Å²) in [7, 11) is 0. The third kappa shape index (κ3) is 2.71. The Bertz CT molecular complexity index is 573.